The lowest BCUT2D eigenvalue weighted by Gasteiger charge is -2.15. The first-order chi connectivity index (χ1) is 13.7. The third kappa shape index (κ3) is 4.08. The quantitative estimate of drug-likeness (QED) is 0.488. The molecular formula is C21H19ClN6. The molecule has 6 nitrogen and oxygen atoms in total. The highest BCUT2D eigenvalue weighted by Gasteiger charge is 2.13. The zero-order valence-electron chi connectivity index (χ0n) is 15.1. The monoisotopic (exact) mass is 390 g/mol. The van der Waals surface area contributed by atoms with E-state index in [9.17, 15) is 0 Å². The van der Waals surface area contributed by atoms with E-state index < -0.39 is 0 Å². The van der Waals surface area contributed by atoms with Gasteiger partial charge in [-0.2, -0.15) is 0 Å². The van der Waals surface area contributed by atoms with Gasteiger partial charge in [0.1, 0.15) is 11.3 Å². The number of rotatable bonds is 6. The molecule has 0 spiro atoms. The fourth-order valence-electron chi connectivity index (χ4n) is 3.00. The molecule has 0 aliphatic rings. The minimum atomic E-state index is -0.0610. The fraction of sp³-hybridized carbons (Fsp3) is 0.143. The average molecular weight is 391 g/mol. The van der Waals surface area contributed by atoms with Crippen LogP contribution in [0.5, 0.6) is 0 Å². The molecule has 0 aliphatic heterocycles. The minimum absolute atomic E-state index is 0.0610. The van der Waals surface area contributed by atoms with Crippen LogP contribution in [0.1, 0.15) is 5.56 Å². The molecule has 0 fully saturated rings. The topological polar surface area (TPSA) is 89.6 Å². The molecular weight excluding hydrogens is 372 g/mol. The van der Waals surface area contributed by atoms with Gasteiger partial charge < -0.3 is 11.1 Å². The van der Waals surface area contributed by atoms with Crippen LogP contribution in [0, 0.1) is 0 Å². The van der Waals surface area contributed by atoms with Crippen molar-refractivity contribution in [3.63, 3.8) is 0 Å². The van der Waals surface area contributed by atoms with Gasteiger partial charge in [0.15, 0.2) is 11.0 Å². The predicted octanol–water partition coefficient (Wildman–Crippen LogP) is 3.72. The lowest BCUT2D eigenvalue weighted by Crippen LogP contribution is -2.31. The third-order valence-electron chi connectivity index (χ3n) is 4.38. The molecule has 0 bridgehead atoms. The summed E-state index contributed by atoms with van der Waals surface area (Å²) in [4.78, 5) is 17.5. The Morgan fingerprint density at radius 3 is 2.54 bits per heavy atom. The Morgan fingerprint density at radius 1 is 0.964 bits per heavy atom. The zero-order chi connectivity index (χ0) is 19.3. The normalized spacial score (nSPS) is 12.1. The molecule has 0 aliphatic carbocycles. The standard InChI is InChI=1S/C21H19ClN6/c22-19-18-17(8-11-25-19)21(28-20(27-18)15-6-9-24-10-7-15)26-13-16(23)12-14-4-2-1-3-5-14/h1-11,16H,12-13,23H2,(H,26,27,28). The Kier molecular flexibility index (Phi) is 5.41. The zero-order valence-corrected chi connectivity index (χ0v) is 15.8. The number of hydrogen-bond acceptors (Lipinski definition) is 6. The summed E-state index contributed by atoms with van der Waals surface area (Å²) in [5.74, 6) is 1.24. The van der Waals surface area contributed by atoms with Crippen molar-refractivity contribution in [3.8, 4) is 11.4 Å². The van der Waals surface area contributed by atoms with Crippen molar-refractivity contribution < 1.29 is 0 Å². The van der Waals surface area contributed by atoms with Crippen LogP contribution in [-0.2, 0) is 6.42 Å². The number of fused-ring (bicyclic) bond motifs is 1. The van der Waals surface area contributed by atoms with Crippen molar-refractivity contribution in [2.45, 2.75) is 12.5 Å². The Morgan fingerprint density at radius 2 is 1.75 bits per heavy atom. The molecule has 28 heavy (non-hydrogen) atoms. The van der Waals surface area contributed by atoms with Crippen molar-refractivity contribution in [2.24, 2.45) is 5.73 Å². The smallest absolute Gasteiger partial charge is 0.162 e. The van der Waals surface area contributed by atoms with Gasteiger partial charge in [-0.15, -0.1) is 0 Å². The van der Waals surface area contributed by atoms with Crippen LogP contribution in [0.3, 0.4) is 0 Å². The van der Waals surface area contributed by atoms with Crippen LogP contribution < -0.4 is 11.1 Å². The summed E-state index contributed by atoms with van der Waals surface area (Å²) >= 11 is 6.29. The molecule has 0 saturated heterocycles. The molecule has 7 heteroatoms. The highest BCUT2D eigenvalue weighted by molar-refractivity contribution is 6.34. The third-order valence-corrected chi connectivity index (χ3v) is 4.66. The van der Waals surface area contributed by atoms with Gasteiger partial charge in [-0.3, -0.25) is 4.98 Å². The molecule has 0 saturated carbocycles. The summed E-state index contributed by atoms with van der Waals surface area (Å²) in [7, 11) is 0. The van der Waals surface area contributed by atoms with E-state index in [1.807, 2.05) is 36.4 Å². The molecule has 4 rings (SSSR count). The van der Waals surface area contributed by atoms with E-state index in [2.05, 4.69) is 32.4 Å². The summed E-state index contributed by atoms with van der Waals surface area (Å²) in [6.45, 7) is 0.566. The number of nitrogens with zero attached hydrogens (tertiary/aromatic N) is 4. The number of benzene rings is 1. The van der Waals surface area contributed by atoms with E-state index in [0.29, 0.717) is 28.9 Å². The minimum Gasteiger partial charge on any atom is -0.368 e. The number of anilines is 1. The number of pyridine rings is 2. The van der Waals surface area contributed by atoms with E-state index in [1.165, 1.54) is 5.56 Å². The molecule has 3 heterocycles. The Bertz CT molecular complexity index is 1070. The maximum Gasteiger partial charge on any atom is 0.162 e. The van der Waals surface area contributed by atoms with E-state index >= 15 is 0 Å². The van der Waals surface area contributed by atoms with Crippen LogP contribution in [0.15, 0.2) is 67.1 Å². The number of halogens is 1. The molecule has 3 N–H and O–H groups in total. The van der Waals surface area contributed by atoms with Gasteiger partial charge in [-0.1, -0.05) is 41.9 Å². The average Bonchev–Trinajstić information content (AvgIpc) is 2.74. The summed E-state index contributed by atoms with van der Waals surface area (Å²) in [5, 5.41) is 4.52. The van der Waals surface area contributed by atoms with E-state index in [4.69, 9.17) is 22.3 Å². The summed E-state index contributed by atoms with van der Waals surface area (Å²) in [6, 6.07) is 15.7. The van der Waals surface area contributed by atoms with Crippen molar-refractivity contribution in [3.05, 3.63) is 77.8 Å². The van der Waals surface area contributed by atoms with Crippen molar-refractivity contribution in [2.75, 3.05) is 11.9 Å². The second kappa shape index (κ2) is 8.29. The predicted molar refractivity (Wildman–Crippen MR) is 112 cm³/mol. The number of hydrogen-bond donors (Lipinski definition) is 2. The van der Waals surface area contributed by atoms with Gasteiger partial charge in [-0.05, 0) is 30.2 Å². The van der Waals surface area contributed by atoms with Crippen LogP contribution in [0.4, 0.5) is 5.82 Å². The van der Waals surface area contributed by atoms with Crippen molar-refractivity contribution in [1.82, 2.24) is 19.9 Å². The van der Waals surface area contributed by atoms with Crippen LogP contribution in [0.25, 0.3) is 22.3 Å². The Labute approximate surface area is 167 Å². The Hall–Kier alpha value is -3.09. The number of nitrogens with one attached hydrogen (secondary N) is 1. The van der Waals surface area contributed by atoms with Crippen molar-refractivity contribution in [1.29, 1.82) is 0 Å². The lowest BCUT2D eigenvalue weighted by atomic mass is 10.1. The van der Waals surface area contributed by atoms with Gasteiger partial charge in [-0.25, -0.2) is 15.0 Å². The highest BCUT2D eigenvalue weighted by atomic mass is 35.5. The fourth-order valence-corrected chi connectivity index (χ4v) is 3.20. The summed E-state index contributed by atoms with van der Waals surface area (Å²) in [6.07, 6.45) is 5.83. The molecule has 1 aromatic carbocycles. The van der Waals surface area contributed by atoms with Crippen LogP contribution in [0.2, 0.25) is 5.15 Å². The van der Waals surface area contributed by atoms with Gasteiger partial charge in [0.25, 0.3) is 0 Å². The largest absolute Gasteiger partial charge is 0.368 e. The first kappa shape index (κ1) is 18.3. The summed E-state index contributed by atoms with van der Waals surface area (Å²) in [5.41, 5.74) is 8.98. The van der Waals surface area contributed by atoms with E-state index in [1.54, 1.807) is 18.6 Å². The van der Waals surface area contributed by atoms with Crippen molar-refractivity contribution >= 4 is 28.3 Å². The van der Waals surface area contributed by atoms with E-state index in [-0.39, 0.29) is 6.04 Å². The van der Waals surface area contributed by atoms with Gasteiger partial charge in [0.2, 0.25) is 0 Å². The number of nitrogens with two attached hydrogens (primary N) is 1. The molecule has 3 aromatic heterocycles. The maximum atomic E-state index is 6.32. The Balaban J connectivity index is 1.63. The summed E-state index contributed by atoms with van der Waals surface area (Å²) < 4.78 is 0. The first-order valence-corrected chi connectivity index (χ1v) is 9.34. The maximum absolute atomic E-state index is 6.32. The number of aromatic nitrogens is 4. The highest BCUT2D eigenvalue weighted by Crippen LogP contribution is 2.28. The molecule has 1 unspecified atom stereocenters. The first-order valence-electron chi connectivity index (χ1n) is 8.97. The van der Waals surface area contributed by atoms with Gasteiger partial charge in [0.05, 0.1) is 0 Å². The second-order valence-electron chi connectivity index (χ2n) is 6.46. The molecule has 140 valence electrons. The van der Waals surface area contributed by atoms with E-state index in [0.717, 1.165) is 17.4 Å². The molecule has 0 radical (unpaired) electrons. The van der Waals surface area contributed by atoms with Gasteiger partial charge in [0, 0.05) is 42.1 Å². The van der Waals surface area contributed by atoms with Crippen LogP contribution >= 0.6 is 11.6 Å². The molecule has 1 atom stereocenters. The molecule has 0 amide bonds. The SMILES string of the molecule is NC(CNc1nc(-c2ccncc2)nc2c(Cl)nccc12)Cc1ccccc1. The van der Waals surface area contributed by atoms with Crippen LogP contribution in [-0.4, -0.2) is 32.5 Å². The van der Waals surface area contributed by atoms with Gasteiger partial charge >= 0.3 is 0 Å². The second-order valence-corrected chi connectivity index (χ2v) is 6.82. The lowest BCUT2D eigenvalue weighted by molar-refractivity contribution is 0.698. The molecule has 4 aromatic rings.